The first-order valence-electron chi connectivity index (χ1n) is 8.30. The maximum atomic E-state index is 12.1. The third-order valence-corrected chi connectivity index (χ3v) is 4.34. The van der Waals surface area contributed by atoms with Crippen LogP contribution < -0.4 is 16.0 Å². The van der Waals surface area contributed by atoms with Crippen LogP contribution in [0.5, 0.6) is 0 Å². The number of amides is 2. The molecule has 5 nitrogen and oxygen atoms in total. The van der Waals surface area contributed by atoms with Crippen LogP contribution in [-0.4, -0.2) is 31.3 Å². The second kappa shape index (κ2) is 7.87. The predicted molar refractivity (Wildman–Crippen MR) is 101 cm³/mol. The number of rotatable bonds is 4. The van der Waals surface area contributed by atoms with E-state index in [0.717, 1.165) is 31.8 Å². The van der Waals surface area contributed by atoms with Gasteiger partial charge in [-0.1, -0.05) is 29.8 Å². The summed E-state index contributed by atoms with van der Waals surface area (Å²) in [6.45, 7) is 4.60. The zero-order chi connectivity index (χ0) is 17.7. The van der Waals surface area contributed by atoms with Crippen LogP contribution in [0, 0.1) is 0 Å². The number of hydrogen-bond acceptors (Lipinski definition) is 3. The number of carbonyl (C=O) groups is 1. The highest BCUT2D eigenvalue weighted by Gasteiger charge is 2.27. The molecule has 0 radical (unpaired) electrons. The summed E-state index contributed by atoms with van der Waals surface area (Å²) in [6.07, 6.45) is 0.828. The monoisotopic (exact) mass is 359 g/mol. The fraction of sp³-hybridized carbons (Fsp3) is 0.316. The summed E-state index contributed by atoms with van der Waals surface area (Å²) in [7, 11) is 0. The molecule has 1 heterocycles. The third-order valence-electron chi connectivity index (χ3n) is 4.10. The van der Waals surface area contributed by atoms with Crippen LogP contribution in [0.3, 0.4) is 0 Å². The van der Waals surface area contributed by atoms with Gasteiger partial charge in [0.25, 0.3) is 0 Å². The van der Waals surface area contributed by atoms with Gasteiger partial charge >= 0.3 is 6.03 Å². The normalized spacial score (nSPS) is 20.1. The molecule has 3 N–H and O–H groups in total. The molecule has 3 rings (SSSR count). The van der Waals surface area contributed by atoms with Gasteiger partial charge in [-0.2, -0.15) is 0 Å². The van der Waals surface area contributed by atoms with Crippen molar-refractivity contribution in [2.45, 2.75) is 18.9 Å². The average Bonchev–Trinajstić information content (AvgIpc) is 2.57. The molecule has 2 amide bonds. The highest BCUT2D eigenvalue weighted by Crippen LogP contribution is 2.21. The number of hydrogen-bond donors (Lipinski definition) is 3. The topological polar surface area (TPSA) is 62.4 Å². The molecule has 1 saturated heterocycles. The number of carbonyl (C=O) groups excluding carboxylic acids is 1. The van der Waals surface area contributed by atoms with Crippen molar-refractivity contribution in [3.05, 3.63) is 59.1 Å². The minimum Gasteiger partial charge on any atom is -0.372 e. The lowest BCUT2D eigenvalue weighted by molar-refractivity contribution is -0.0516. The summed E-state index contributed by atoms with van der Waals surface area (Å²) in [4.78, 5) is 12.1. The number of ether oxygens (including phenoxy) is 1. The summed E-state index contributed by atoms with van der Waals surface area (Å²) in [5.74, 6) is 0. The minimum absolute atomic E-state index is 0.183. The van der Waals surface area contributed by atoms with Crippen molar-refractivity contribution >= 4 is 29.0 Å². The van der Waals surface area contributed by atoms with Crippen molar-refractivity contribution < 1.29 is 9.53 Å². The van der Waals surface area contributed by atoms with Crippen molar-refractivity contribution in [1.82, 2.24) is 5.32 Å². The fourth-order valence-electron chi connectivity index (χ4n) is 2.88. The first kappa shape index (κ1) is 17.7. The molecule has 132 valence electrons. The molecule has 0 aromatic heterocycles. The molecule has 0 unspecified atom stereocenters. The van der Waals surface area contributed by atoms with Crippen LogP contribution in [0.25, 0.3) is 0 Å². The molecular formula is C19H22ClN3O2. The van der Waals surface area contributed by atoms with Crippen molar-refractivity contribution in [3.8, 4) is 0 Å². The van der Waals surface area contributed by atoms with Gasteiger partial charge in [0, 0.05) is 35.9 Å². The zero-order valence-electron chi connectivity index (χ0n) is 14.1. The Labute approximate surface area is 152 Å². The molecule has 0 saturated carbocycles. The predicted octanol–water partition coefficient (Wildman–Crippen LogP) is 3.91. The Hall–Kier alpha value is -2.08. The fourth-order valence-corrected chi connectivity index (χ4v) is 3.07. The smallest absolute Gasteiger partial charge is 0.323 e. The van der Waals surface area contributed by atoms with E-state index in [4.69, 9.17) is 16.3 Å². The molecule has 1 aliphatic rings. The Morgan fingerprint density at radius 1 is 1.20 bits per heavy atom. The number of halogens is 1. The Morgan fingerprint density at radius 3 is 2.64 bits per heavy atom. The van der Waals surface area contributed by atoms with E-state index in [9.17, 15) is 4.79 Å². The molecule has 1 fully saturated rings. The Bertz CT molecular complexity index is 728. The summed E-state index contributed by atoms with van der Waals surface area (Å²) < 4.78 is 5.89. The van der Waals surface area contributed by atoms with Gasteiger partial charge in [-0.3, -0.25) is 0 Å². The standard InChI is InChI=1S/C19H22ClN3O2/c1-19(13-21-9-10-25-19)12-14-5-7-16(8-6-14)22-18(24)23-17-4-2-3-15(20)11-17/h2-8,11,21H,9-10,12-13H2,1H3,(H2,22,23,24)/t19-/m1/s1. The SMILES string of the molecule is C[C@@]1(Cc2ccc(NC(=O)Nc3cccc(Cl)c3)cc2)CNCCO1. The van der Waals surface area contributed by atoms with Crippen LogP contribution in [0.1, 0.15) is 12.5 Å². The Balaban J connectivity index is 1.56. The lowest BCUT2D eigenvalue weighted by Gasteiger charge is -2.34. The van der Waals surface area contributed by atoms with E-state index in [0.29, 0.717) is 10.7 Å². The van der Waals surface area contributed by atoms with Gasteiger partial charge in [0.1, 0.15) is 0 Å². The summed E-state index contributed by atoms with van der Waals surface area (Å²) in [5, 5.41) is 9.51. The first-order valence-corrected chi connectivity index (χ1v) is 8.67. The average molecular weight is 360 g/mol. The molecule has 0 bridgehead atoms. The van der Waals surface area contributed by atoms with E-state index in [1.54, 1.807) is 24.3 Å². The Kier molecular flexibility index (Phi) is 5.58. The minimum atomic E-state index is -0.304. The van der Waals surface area contributed by atoms with Gasteiger partial charge < -0.3 is 20.7 Å². The molecule has 2 aromatic carbocycles. The quantitative estimate of drug-likeness (QED) is 0.775. The van der Waals surface area contributed by atoms with Crippen molar-refractivity contribution in [1.29, 1.82) is 0 Å². The highest BCUT2D eigenvalue weighted by molar-refractivity contribution is 6.30. The van der Waals surface area contributed by atoms with Gasteiger partial charge in [-0.15, -0.1) is 0 Å². The van der Waals surface area contributed by atoms with Gasteiger partial charge in [-0.05, 0) is 42.8 Å². The lowest BCUT2D eigenvalue weighted by Crippen LogP contribution is -2.48. The number of benzene rings is 2. The molecule has 1 atom stereocenters. The first-order chi connectivity index (χ1) is 12.0. The maximum absolute atomic E-state index is 12.1. The van der Waals surface area contributed by atoms with Crippen LogP contribution in [-0.2, 0) is 11.2 Å². The van der Waals surface area contributed by atoms with Crippen LogP contribution in [0.4, 0.5) is 16.2 Å². The third kappa shape index (κ3) is 5.19. The van der Waals surface area contributed by atoms with E-state index in [1.165, 1.54) is 5.56 Å². The number of nitrogens with one attached hydrogen (secondary N) is 3. The van der Waals surface area contributed by atoms with E-state index in [2.05, 4.69) is 22.9 Å². The summed E-state index contributed by atoms with van der Waals surface area (Å²) >= 11 is 5.91. The Morgan fingerprint density at radius 2 is 1.96 bits per heavy atom. The summed E-state index contributed by atoms with van der Waals surface area (Å²) in [6, 6.07) is 14.5. The molecule has 0 aliphatic carbocycles. The van der Waals surface area contributed by atoms with E-state index < -0.39 is 0 Å². The maximum Gasteiger partial charge on any atom is 0.323 e. The van der Waals surface area contributed by atoms with Gasteiger partial charge in [0.05, 0.1) is 12.2 Å². The molecule has 25 heavy (non-hydrogen) atoms. The number of anilines is 2. The van der Waals surface area contributed by atoms with Gasteiger partial charge in [0.15, 0.2) is 0 Å². The van der Waals surface area contributed by atoms with Gasteiger partial charge in [0.2, 0.25) is 0 Å². The second-order valence-electron chi connectivity index (χ2n) is 6.44. The lowest BCUT2D eigenvalue weighted by atomic mass is 9.95. The van der Waals surface area contributed by atoms with E-state index in [1.807, 2.05) is 24.3 Å². The van der Waals surface area contributed by atoms with Crippen LogP contribution >= 0.6 is 11.6 Å². The van der Waals surface area contributed by atoms with Crippen LogP contribution in [0.15, 0.2) is 48.5 Å². The molecule has 1 aliphatic heterocycles. The largest absolute Gasteiger partial charge is 0.372 e. The number of urea groups is 1. The van der Waals surface area contributed by atoms with E-state index in [-0.39, 0.29) is 11.6 Å². The van der Waals surface area contributed by atoms with Crippen LogP contribution in [0.2, 0.25) is 5.02 Å². The summed E-state index contributed by atoms with van der Waals surface area (Å²) in [5.41, 5.74) is 2.37. The molecular weight excluding hydrogens is 338 g/mol. The molecule has 6 heteroatoms. The highest BCUT2D eigenvalue weighted by atomic mass is 35.5. The van der Waals surface area contributed by atoms with Crippen molar-refractivity contribution in [2.75, 3.05) is 30.3 Å². The zero-order valence-corrected chi connectivity index (χ0v) is 14.9. The van der Waals surface area contributed by atoms with E-state index >= 15 is 0 Å². The molecule has 2 aromatic rings. The van der Waals surface area contributed by atoms with Crippen molar-refractivity contribution in [2.24, 2.45) is 0 Å². The molecule has 0 spiro atoms. The number of morpholine rings is 1. The second-order valence-corrected chi connectivity index (χ2v) is 6.87. The van der Waals surface area contributed by atoms with Gasteiger partial charge in [-0.25, -0.2) is 4.79 Å². The van der Waals surface area contributed by atoms with Crippen molar-refractivity contribution in [3.63, 3.8) is 0 Å².